The zero-order chi connectivity index (χ0) is 28.5. The van der Waals surface area contributed by atoms with Crippen LogP contribution in [0.25, 0.3) is 0 Å². The molecule has 202 valence electrons. The lowest BCUT2D eigenvalue weighted by atomic mass is 10.1. The van der Waals surface area contributed by atoms with Gasteiger partial charge in [0.1, 0.15) is 0 Å². The van der Waals surface area contributed by atoms with Gasteiger partial charge < -0.3 is 19.5 Å². The molecular weight excluding hydrogens is 516 g/mol. The smallest absolute Gasteiger partial charge is 0.331 e. The predicted octanol–water partition coefficient (Wildman–Crippen LogP) is 3.76. The van der Waals surface area contributed by atoms with E-state index >= 15 is 0 Å². The monoisotopic (exact) mass is 540 g/mol. The summed E-state index contributed by atoms with van der Waals surface area (Å²) in [4.78, 5) is 48.8. The normalized spacial score (nSPS) is 11.4. The van der Waals surface area contributed by atoms with Crippen LogP contribution in [0.5, 0.6) is 0 Å². The van der Waals surface area contributed by atoms with Gasteiger partial charge in [-0.15, -0.1) is 0 Å². The molecule has 0 atom stereocenters. The first-order chi connectivity index (χ1) is 19.3. The first kappa shape index (κ1) is 27.3. The molecule has 2 aromatic carbocycles. The molecule has 0 radical (unpaired) electrons. The maximum Gasteiger partial charge on any atom is 0.331 e. The Morgan fingerprint density at radius 1 is 0.600 bits per heavy atom. The number of amides is 4. The van der Waals surface area contributed by atoms with Crippen LogP contribution in [0.3, 0.4) is 0 Å². The molecule has 0 unspecified atom stereocenters. The largest absolute Gasteiger partial charge is 0.459 e. The highest BCUT2D eigenvalue weighted by molar-refractivity contribution is 6.35. The highest BCUT2D eigenvalue weighted by atomic mass is 16.3. The molecule has 4 amide bonds. The number of anilines is 2. The minimum atomic E-state index is -1.03. The minimum absolute atomic E-state index is 0.163. The molecule has 0 aliphatic rings. The number of carbonyl (C=O) groups excluding carboxylic acids is 4. The zero-order valence-corrected chi connectivity index (χ0v) is 21.4. The molecule has 12 nitrogen and oxygen atoms in total. The van der Waals surface area contributed by atoms with Gasteiger partial charge in [0, 0.05) is 11.4 Å². The summed E-state index contributed by atoms with van der Waals surface area (Å²) in [5, 5.41) is 13.3. The van der Waals surface area contributed by atoms with Crippen LogP contribution < -0.4 is 21.5 Å². The second-order valence-corrected chi connectivity index (χ2v) is 8.30. The molecule has 0 aliphatic carbocycles. The number of nitrogens with zero attached hydrogens (tertiary/aromatic N) is 2. The summed E-state index contributed by atoms with van der Waals surface area (Å²) in [5.41, 5.74) is 7.33. The van der Waals surface area contributed by atoms with Gasteiger partial charge in [-0.1, -0.05) is 24.3 Å². The van der Waals surface area contributed by atoms with Crippen LogP contribution in [0.4, 0.5) is 11.4 Å². The Bertz CT molecular complexity index is 1470. The first-order valence-electron chi connectivity index (χ1n) is 11.9. The van der Waals surface area contributed by atoms with E-state index in [4.69, 9.17) is 8.83 Å². The molecule has 0 saturated carbocycles. The molecule has 0 spiro atoms. The molecule has 2 heterocycles. The van der Waals surface area contributed by atoms with Crippen molar-refractivity contribution in [3.8, 4) is 0 Å². The van der Waals surface area contributed by atoms with Gasteiger partial charge in [-0.3, -0.25) is 19.2 Å². The highest BCUT2D eigenvalue weighted by Crippen LogP contribution is 2.15. The lowest BCUT2D eigenvalue weighted by Gasteiger charge is -2.07. The van der Waals surface area contributed by atoms with Crippen molar-refractivity contribution in [1.82, 2.24) is 10.9 Å². The van der Waals surface area contributed by atoms with Crippen LogP contribution >= 0.6 is 0 Å². The average Bonchev–Trinajstić information content (AvgIpc) is 3.70. The standard InChI is InChI=1S/C28H24N6O6/c1-17(19-7-3-9-21(15-19)29-25(35)23-11-5-13-39-23)31-33-27(37)28(38)34-32-18(2)20-8-4-10-22(16-20)30-26(36)24-12-6-14-40-24/h3-16H,1-2H3,(H,29,35)(H,30,36)(H,33,37)(H,34,38). The summed E-state index contributed by atoms with van der Waals surface area (Å²) in [6, 6.07) is 19.9. The van der Waals surface area contributed by atoms with Crippen molar-refractivity contribution in [3.05, 3.63) is 108 Å². The van der Waals surface area contributed by atoms with Crippen LogP contribution in [0.1, 0.15) is 46.1 Å². The van der Waals surface area contributed by atoms with Crippen molar-refractivity contribution >= 4 is 46.4 Å². The molecule has 4 rings (SSSR count). The van der Waals surface area contributed by atoms with Crippen LogP contribution in [-0.4, -0.2) is 35.1 Å². The number of rotatable bonds is 8. The summed E-state index contributed by atoms with van der Waals surface area (Å²) in [5.74, 6) is -2.56. The number of hydrogen-bond donors (Lipinski definition) is 4. The number of furan rings is 2. The van der Waals surface area contributed by atoms with Crippen LogP contribution in [0, 0.1) is 0 Å². The van der Waals surface area contributed by atoms with Crippen molar-refractivity contribution in [2.45, 2.75) is 13.8 Å². The predicted molar refractivity (Wildman–Crippen MR) is 147 cm³/mol. The lowest BCUT2D eigenvalue weighted by molar-refractivity contribution is -0.139. The molecule has 12 heteroatoms. The van der Waals surface area contributed by atoms with E-state index in [2.05, 4.69) is 31.7 Å². The number of benzene rings is 2. The van der Waals surface area contributed by atoms with Crippen LogP contribution in [0.15, 0.2) is 104 Å². The van der Waals surface area contributed by atoms with Crippen molar-refractivity contribution < 1.29 is 28.0 Å². The molecular formula is C28H24N6O6. The number of carbonyl (C=O) groups is 4. The van der Waals surface area contributed by atoms with E-state index in [1.165, 1.54) is 12.5 Å². The maximum atomic E-state index is 12.2. The van der Waals surface area contributed by atoms with Crippen molar-refractivity contribution in [2.75, 3.05) is 10.6 Å². The van der Waals surface area contributed by atoms with E-state index in [-0.39, 0.29) is 11.5 Å². The quantitative estimate of drug-likeness (QED) is 0.151. The minimum Gasteiger partial charge on any atom is -0.459 e. The van der Waals surface area contributed by atoms with E-state index in [0.29, 0.717) is 33.9 Å². The molecule has 2 aromatic heterocycles. The van der Waals surface area contributed by atoms with Gasteiger partial charge in [0.2, 0.25) is 0 Å². The number of hydrogen-bond acceptors (Lipinski definition) is 8. The summed E-state index contributed by atoms with van der Waals surface area (Å²) < 4.78 is 10.2. The summed E-state index contributed by atoms with van der Waals surface area (Å²) in [6.45, 7) is 3.26. The Hall–Kier alpha value is -5.78. The SMILES string of the molecule is CC(=NNC(=O)C(=O)NN=C(C)c1cccc(NC(=O)c2ccco2)c1)c1cccc(NC(=O)c2ccco2)c1. The van der Waals surface area contributed by atoms with E-state index in [1.807, 2.05) is 0 Å². The van der Waals surface area contributed by atoms with Gasteiger partial charge in [-0.05, 0) is 73.5 Å². The first-order valence-corrected chi connectivity index (χ1v) is 11.9. The van der Waals surface area contributed by atoms with Gasteiger partial charge in [0.15, 0.2) is 11.5 Å². The fourth-order valence-corrected chi connectivity index (χ4v) is 3.34. The lowest BCUT2D eigenvalue weighted by Crippen LogP contribution is -2.36. The molecule has 0 aliphatic heterocycles. The number of nitrogens with one attached hydrogen (secondary N) is 4. The van der Waals surface area contributed by atoms with E-state index < -0.39 is 23.6 Å². The Kier molecular flexibility index (Phi) is 8.62. The van der Waals surface area contributed by atoms with Crippen molar-refractivity contribution in [2.24, 2.45) is 10.2 Å². The Balaban J connectivity index is 1.32. The molecule has 0 fully saturated rings. The van der Waals surface area contributed by atoms with Crippen molar-refractivity contribution in [3.63, 3.8) is 0 Å². The Morgan fingerprint density at radius 2 is 1.02 bits per heavy atom. The maximum absolute atomic E-state index is 12.2. The molecule has 40 heavy (non-hydrogen) atoms. The Labute approximate surface area is 228 Å². The molecule has 0 saturated heterocycles. The highest BCUT2D eigenvalue weighted by Gasteiger charge is 2.14. The van der Waals surface area contributed by atoms with Gasteiger partial charge in [-0.2, -0.15) is 10.2 Å². The number of hydrazone groups is 2. The molecule has 0 bridgehead atoms. The summed E-state index contributed by atoms with van der Waals surface area (Å²) in [7, 11) is 0. The van der Waals surface area contributed by atoms with E-state index in [0.717, 1.165) is 0 Å². The zero-order valence-electron chi connectivity index (χ0n) is 21.4. The van der Waals surface area contributed by atoms with Crippen LogP contribution in [0.2, 0.25) is 0 Å². The van der Waals surface area contributed by atoms with E-state index in [1.54, 1.807) is 86.6 Å². The molecule has 4 N–H and O–H groups in total. The Morgan fingerprint density at radius 3 is 1.40 bits per heavy atom. The van der Waals surface area contributed by atoms with Gasteiger partial charge in [0.25, 0.3) is 11.8 Å². The van der Waals surface area contributed by atoms with Gasteiger partial charge in [0.05, 0.1) is 23.9 Å². The van der Waals surface area contributed by atoms with Crippen LogP contribution in [-0.2, 0) is 9.59 Å². The third-order valence-electron chi connectivity index (χ3n) is 5.42. The third-order valence-corrected chi connectivity index (χ3v) is 5.42. The van der Waals surface area contributed by atoms with Gasteiger partial charge >= 0.3 is 11.8 Å². The fourth-order valence-electron chi connectivity index (χ4n) is 3.34. The second-order valence-electron chi connectivity index (χ2n) is 8.30. The van der Waals surface area contributed by atoms with E-state index in [9.17, 15) is 19.2 Å². The summed E-state index contributed by atoms with van der Waals surface area (Å²) in [6.07, 6.45) is 2.80. The third kappa shape index (κ3) is 7.16. The topological polar surface area (TPSA) is 167 Å². The second kappa shape index (κ2) is 12.6. The average molecular weight is 541 g/mol. The van der Waals surface area contributed by atoms with Gasteiger partial charge in [-0.25, -0.2) is 10.9 Å². The summed E-state index contributed by atoms with van der Waals surface area (Å²) >= 11 is 0. The fraction of sp³-hybridized carbons (Fsp3) is 0.0714. The molecule has 4 aromatic rings. The van der Waals surface area contributed by atoms with Crippen molar-refractivity contribution in [1.29, 1.82) is 0 Å².